The quantitative estimate of drug-likeness (QED) is 0.463. The maximum absolute atomic E-state index is 12.2. The van der Waals surface area contributed by atoms with Crippen molar-refractivity contribution in [2.45, 2.75) is 16.3 Å². The topological polar surface area (TPSA) is 46.5 Å². The van der Waals surface area contributed by atoms with Crippen LogP contribution in [-0.2, 0) is 0 Å². The molecule has 0 fully saturated rings. The number of carbonyl (C=O) groups is 1. The molecular formula is C16H11Cl5O3. The van der Waals surface area contributed by atoms with Crippen LogP contribution in [0.5, 0.6) is 11.5 Å². The van der Waals surface area contributed by atoms with Crippen molar-refractivity contribution >= 4 is 63.8 Å². The zero-order valence-corrected chi connectivity index (χ0v) is 15.8. The second kappa shape index (κ2) is 8.13. The van der Waals surface area contributed by atoms with Crippen LogP contribution in [0.25, 0.3) is 0 Å². The van der Waals surface area contributed by atoms with Crippen LogP contribution in [0.2, 0.25) is 10.0 Å². The van der Waals surface area contributed by atoms with E-state index in [4.69, 9.17) is 62.7 Å². The lowest BCUT2D eigenvalue weighted by molar-refractivity contribution is 0.0885. The molecule has 3 nitrogen and oxygen atoms in total. The van der Waals surface area contributed by atoms with Gasteiger partial charge in [-0.15, -0.1) is 0 Å². The highest BCUT2D eigenvalue weighted by molar-refractivity contribution is 6.68. The van der Waals surface area contributed by atoms with Gasteiger partial charge in [0.05, 0.1) is 5.02 Å². The number of Topliss-reactive ketones (excluding diaryl/α,β-unsaturated/α-hetero) is 1. The fraction of sp³-hybridized carbons (Fsp3) is 0.188. The summed E-state index contributed by atoms with van der Waals surface area (Å²) in [6.07, 6.45) is -1.80. The molecule has 0 aliphatic rings. The van der Waals surface area contributed by atoms with E-state index in [0.717, 1.165) is 0 Å². The third kappa shape index (κ3) is 5.41. The second-order valence-electron chi connectivity index (χ2n) is 4.88. The van der Waals surface area contributed by atoms with Gasteiger partial charge in [0.25, 0.3) is 0 Å². The molecule has 0 radical (unpaired) electrons. The lowest BCUT2D eigenvalue weighted by atomic mass is 10.1. The molecule has 2 rings (SSSR count). The first kappa shape index (κ1) is 19.6. The first-order valence-electron chi connectivity index (χ1n) is 6.68. The molecule has 0 saturated heterocycles. The lowest BCUT2D eigenvalue weighted by Crippen LogP contribution is -2.28. The van der Waals surface area contributed by atoms with Crippen molar-refractivity contribution in [1.82, 2.24) is 0 Å². The van der Waals surface area contributed by atoms with Crippen molar-refractivity contribution in [2.24, 2.45) is 0 Å². The minimum absolute atomic E-state index is 0.169. The largest absolute Gasteiger partial charge is 0.457 e. The molecule has 2 aromatic carbocycles. The SMILES string of the molecule is O=C(CC(O)C(Cl)(Cl)Cl)c1ccc(Oc2ccc(Cl)cc2)cc1Cl. The van der Waals surface area contributed by atoms with E-state index >= 15 is 0 Å². The summed E-state index contributed by atoms with van der Waals surface area (Å²) in [5.74, 6) is 0.568. The Balaban J connectivity index is 2.11. The maximum atomic E-state index is 12.2. The molecule has 0 heterocycles. The molecule has 128 valence electrons. The fourth-order valence-electron chi connectivity index (χ4n) is 1.83. The molecule has 1 unspecified atom stereocenters. The van der Waals surface area contributed by atoms with Crippen LogP contribution in [0.3, 0.4) is 0 Å². The summed E-state index contributed by atoms with van der Waals surface area (Å²) in [5.41, 5.74) is 0.202. The highest BCUT2D eigenvalue weighted by Gasteiger charge is 2.33. The van der Waals surface area contributed by atoms with E-state index < -0.39 is 15.7 Å². The van der Waals surface area contributed by atoms with Crippen LogP contribution in [0.4, 0.5) is 0 Å². The molecule has 0 aliphatic heterocycles. The summed E-state index contributed by atoms with van der Waals surface area (Å²) in [4.78, 5) is 12.2. The molecule has 8 heteroatoms. The first-order valence-corrected chi connectivity index (χ1v) is 8.57. The van der Waals surface area contributed by atoms with Gasteiger partial charge in [-0.25, -0.2) is 0 Å². The molecule has 2 aromatic rings. The molecule has 1 N–H and O–H groups in total. The van der Waals surface area contributed by atoms with Gasteiger partial charge in [0.15, 0.2) is 5.78 Å². The van der Waals surface area contributed by atoms with E-state index in [1.165, 1.54) is 12.1 Å². The molecular weight excluding hydrogens is 417 g/mol. The van der Waals surface area contributed by atoms with Crippen molar-refractivity contribution in [3.8, 4) is 11.5 Å². The van der Waals surface area contributed by atoms with Crippen molar-refractivity contribution in [2.75, 3.05) is 0 Å². The number of hydrogen-bond donors (Lipinski definition) is 1. The molecule has 0 spiro atoms. The van der Waals surface area contributed by atoms with Crippen LogP contribution in [0.1, 0.15) is 16.8 Å². The highest BCUT2D eigenvalue weighted by Crippen LogP contribution is 2.34. The van der Waals surface area contributed by atoms with E-state index in [-0.39, 0.29) is 17.0 Å². The van der Waals surface area contributed by atoms with E-state index in [2.05, 4.69) is 0 Å². The van der Waals surface area contributed by atoms with Gasteiger partial charge in [0, 0.05) is 23.1 Å². The summed E-state index contributed by atoms with van der Waals surface area (Å²) in [5, 5.41) is 10.4. The van der Waals surface area contributed by atoms with Crippen LogP contribution in [0.15, 0.2) is 42.5 Å². The number of benzene rings is 2. The van der Waals surface area contributed by atoms with Gasteiger partial charge in [-0.05, 0) is 36.4 Å². The molecule has 0 aliphatic carbocycles. The minimum Gasteiger partial charge on any atom is -0.457 e. The number of rotatable bonds is 5. The Morgan fingerprint density at radius 1 is 1.04 bits per heavy atom. The first-order chi connectivity index (χ1) is 11.2. The number of hydrogen-bond acceptors (Lipinski definition) is 3. The molecule has 0 aromatic heterocycles. The standard InChI is InChI=1S/C16H11Cl5O3/c17-9-1-3-10(4-2-9)24-11-5-6-12(13(18)7-11)14(22)8-15(23)16(19,20)21/h1-7,15,23H,8H2. The highest BCUT2D eigenvalue weighted by atomic mass is 35.6. The van der Waals surface area contributed by atoms with Crippen molar-refractivity contribution in [3.05, 3.63) is 58.1 Å². The van der Waals surface area contributed by atoms with Crippen LogP contribution in [0, 0.1) is 0 Å². The zero-order valence-electron chi connectivity index (χ0n) is 12.0. The predicted molar refractivity (Wildman–Crippen MR) is 98.2 cm³/mol. The number of halogens is 5. The Labute approximate surface area is 164 Å². The number of aliphatic hydroxyl groups excluding tert-OH is 1. The number of alkyl halides is 3. The molecule has 24 heavy (non-hydrogen) atoms. The van der Waals surface area contributed by atoms with Gasteiger partial charge in [-0.1, -0.05) is 58.0 Å². The van der Waals surface area contributed by atoms with E-state index in [0.29, 0.717) is 16.5 Å². The smallest absolute Gasteiger partial charge is 0.216 e. The van der Waals surface area contributed by atoms with Gasteiger partial charge < -0.3 is 9.84 Å². The van der Waals surface area contributed by atoms with Crippen molar-refractivity contribution < 1.29 is 14.6 Å². The maximum Gasteiger partial charge on any atom is 0.216 e. The Bertz CT molecular complexity index is 725. The average molecular weight is 429 g/mol. The monoisotopic (exact) mass is 426 g/mol. The summed E-state index contributed by atoms with van der Waals surface area (Å²) < 4.78 is 3.67. The Hall–Kier alpha value is -0.680. The van der Waals surface area contributed by atoms with E-state index in [1.807, 2.05) is 0 Å². The average Bonchev–Trinajstić information content (AvgIpc) is 2.48. The summed E-state index contributed by atoms with van der Waals surface area (Å²) in [6.45, 7) is 0. The Morgan fingerprint density at radius 2 is 1.62 bits per heavy atom. The van der Waals surface area contributed by atoms with Gasteiger partial charge >= 0.3 is 0 Å². The third-order valence-electron chi connectivity index (χ3n) is 3.05. The lowest BCUT2D eigenvalue weighted by Gasteiger charge is -2.18. The summed E-state index contributed by atoms with van der Waals surface area (Å²) >= 11 is 28.6. The van der Waals surface area contributed by atoms with Gasteiger partial charge in [-0.2, -0.15) is 0 Å². The Morgan fingerprint density at radius 3 is 2.17 bits per heavy atom. The summed E-state index contributed by atoms with van der Waals surface area (Å²) in [7, 11) is 0. The zero-order chi connectivity index (χ0) is 17.9. The Kier molecular flexibility index (Phi) is 6.66. The minimum atomic E-state index is -1.94. The normalized spacial score (nSPS) is 12.8. The van der Waals surface area contributed by atoms with Crippen molar-refractivity contribution in [1.29, 1.82) is 0 Å². The van der Waals surface area contributed by atoms with Crippen LogP contribution < -0.4 is 4.74 Å². The van der Waals surface area contributed by atoms with E-state index in [9.17, 15) is 9.90 Å². The molecule has 0 bridgehead atoms. The van der Waals surface area contributed by atoms with Crippen LogP contribution in [-0.4, -0.2) is 20.8 Å². The fourth-order valence-corrected chi connectivity index (χ4v) is 2.46. The summed E-state index contributed by atoms with van der Waals surface area (Å²) in [6, 6.07) is 11.3. The predicted octanol–water partition coefficient (Wildman–Crippen LogP) is 6.09. The van der Waals surface area contributed by atoms with E-state index in [1.54, 1.807) is 30.3 Å². The second-order valence-corrected chi connectivity index (χ2v) is 8.09. The van der Waals surface area contributed by atoms with Gasteiger partial charge in [0.2, 0.25) is 3.79 Å². The van der Waals surface area contributed by atoms with Gasteiger partial charge in [0.1, 0.15) is 17.6 Å². The molecule has 0 saturated carbocycles. The number of aliphatic hydroxyl groups is 1. The number of carbonyl (C=O) groups excluding carboxylic acids is 1. The third-order valence-corrected chi connectivity index (χ3v) is 4.37. The number of ketones is 1. The molecule has 0 amide bonds. The van der Waals surface area contributed by atoms with Gasteiger partial charge in [-0.3, -0.25) is 4.79 Å². The van der Waals surface area contributed by atoms with Crippen molar-refractivity contribution in [3.63, 3.8) is 0 Å². The molecule has 1 atom stereocenters. The number of ether oxygens (including phenoxy) is 1. The van der Waals surface area contributed by atoms with Crippen LogP contribution >= 0.6 is 58.0 Å².